The first kappa shape index (κ1) is 19.8. The number of hydrogen-bond acceptors (Lipinski definition) is 5. The maximum atomic E-state index is 12.0. The summed E-state index contributed by atoms with van der Waals surface area (Å²) in [6.07, 6.45) is 3.29. The van der Waals surface area contributed by atoms with E-state index in [9.17, 15) is 13.2 Å². The molecule has 1 saturated carbocycles. The zero-order valence-electron chi connectivity index (χ0n) is 14.5. The van der Waals surface area contributed by atoms with Gasteiger partial charge >= 0.3 is 0 Å². The van der Waals surface area contributed by atoms with E-state index >= 15 is 0 Å². The van der Waals surface area contributed by atoms with Crippen LogP contribution < -0.4 is 10.0 Å². The van der Waals surface area contributed by atoms with Gasteiger partial charge in [-0.1, -0.05) is 0 Å². The van der Waals surface area contributed by atoms with E-state index in [0.717, 1.165) is 18.9 Å². The van der Waals surface area contributed by atoms with Gasteiger partial charge in [0.05, 0.1) is 11.5 Å². The number of hydrogen-bond donors (Lipinski definition) is 2. The Morgan fingerprint density at radius 3 is 2.52 bits per heavy atom. The molecule has 7 nitrogen and oxygen atoms in total. The highest BCUT2D eigenvalue weighted by molar-refractivity contribution is 7.89. The number of nitrogens with one attached hydrogen (secondary N) is 2. The van der Waals surface area contributed by atoms with Crippen LogP contribution in [0.3, 0.4) is 0 Å². The molecule has 1 amide bonds. The van der Waals surface area contributed by atoms with Crippen LogP contribution in [0.15, 0.2) is 29.2 Å². The molecule has 0 radical (unpaired) electrons. The zero-order chi connectivity index (χ0) is 18.1. The normalized spacial score (nSPS) is 14.4. The van der Waals surface area contributed by atoms with Gasteiger partial charge in [-0.25, -0.2) is 13.1 Å². The molecule has 0 spiro atoms. The highest BCUT2D eigenvalue weighted by atomic mass is 32.2. The van der Waals surface area contributed by atoms with Gasteiger partial charge in [0.2, 0.25) is 10.0 Å². The van der Waals surface area contributed by atoms with Crippen molar-refractivity contribution in [3.63, 3.8) is 0 Å². The highest BCUT2D eigenvalue weighted by Gasteiger charge is 2.20. The smallest absolute Gasteiger partial charge is 0.251 e. The standard InChI is InChI=1S/C17H26N2O5S/c1-23-12-10-19-25(21,22)16-7-5-15(6-8-16)17(20)18-9-2-11-24-13-14-3-4-14/h5-8,14,19H,2-4,9-13H2,1H3,(H,18,20). The van der Waals surface area contributed by atoms with Gasteiger partial charge in [0.15, 0.2) is 0 Å². The number of carbonyl (C=O) groups excluding carboxylic acids is 1. The Morgan fingerprint density at radius 2 is 1.88 bits per heavy atom. The maximum absolute atomic E-state index is 12.0. The van der Waals surface area contributed by atoms with Crippen molar-refractivity contribution < 1.29 is 22.7 Å². The number of carbonyl (C=O) groups is 1. The first-order chi connectivity index (χ1) is 12.0. The van der Waals surface area contributed by atoms with Gasteiger partial charge < -0.3 is 14.8 Å². The lowest BCUT2D eigenvalue weighted by Crippen LogP contribution is -2.27. The van der Waals surface area contributed by atoms with Crippen LogP contribution in [-0.4, -0.2) is 54.3 Å². The first-order valence-corrected chi connectivity index (χ1v) is 9.96. The fourth-order valence-electron chi connectivity index (χ4n) is 2.16. The molecule has 2 rings (SSSR count). The molecular weight excluding hydrogens is 344 g/mol. The van der Waals surface area contributed by atoms with E-state index in [4.69, 9.17) is 9.47 Å². The molecule has 2 N–H and O–H groups in total. The predicted molar refractivity (Wildman–Crippen MR) is 94.0 cm³/mol. The van der Waals surface area contributed by atoms with Crippen LogP contribution in [0.5, 0.6) is 0 Å². The summed E-state index contributed by atoms with van der Waals surface area (Å²) in [5.41, 5.74) is 0.426. The molecule has 140 valence electrons. The summed E-state index contributed by atoms with van der Waals surface area (Å²) in [6, 6.07) is 5.85. The van der Waals surface area contributed by atoms with Crippen LogP contribution in [0.25, 0.3) is 0 Å². The van der Waals surface area contributed by atoms with E-state index in [2.05, 4.69) is 10.0 Å². The summed E-state index contributed by atoms with van der Waals surface area (Å²) in [7, 11) is -2.08. The van der Waals surface area contributed by atoms with Crippen molar-refractivity contribution in [2.24, 2.45) is 5.92 Å². The topological polar surface area (TPSA) is 93.7 Å². The number of amides is 1. The minimum absolute atomic E-state index is 0.119. The van der Waals surface area contributed by atoms with Crippen LogP contribution >= 0.6 is 0 Å². The lowest BCUT2D eigenvalue weighted by molar-refractivity contribution is 0.0937. The molecule has 8 heteroatoms. The van der Waals surface area contributed by atoms with E-state index in [0.29, 0.717) is 25.3 Å². The minimum atomic E-state index is -3.58. The van der Waals surface area contributed by atoms with E-state index in [1.165, 1.54) is 44.2 Å². The molecule has 1 aromatic carbocycles. The Kier molecular flexibility index (Phi) is 7.83. The molecular formula is C17H26N2O5S. The van der Waals surface area contributed by atoms with E-state index in [1.54, 1.807) is 0 Å². The number of benzene rings is 1. The van der Waals surface area contributed by atoms with Gasteiger partial charge in [0.25, 0.3) is 5.91 Å². The van der Waals surface area contributed by atoms with Gasteiger partial charge in [-0.3, -0.25) is 4.79 Å². The summed E-state index contributed by atoms with van der Waals surface area (Å²) >= 11 is 0. The van der Waals surface area contributed by atoms with Crippen molar-refractivity contribution in [1.82, 2.24) is 10.0 Å². The van der Waals surface area contributed by atoms with Gasteiger partial charge in [-0.2, -0.15) is 0 Å². The summed E-state index contributed by atoms with van der Waals surface area (Å²) in [5.74, 6) is 0.520. The summed E-state index contributed by atoms with van der Waals surface area (Å²) < 4.78 is 36.8. The molecule has 1 fully saturated rings. The fraction of sp³-hybridized carbons (Fsp3) is 0.588. The van der Waals surface area contributed by atoms with Crippen molar-refractivity contribution in [3.8, 4) is 0 Å². The zero-order valence-corrected chi connectivity index (χ0v) is 15.3. The first-order valence-electron chi connectivity index (χ1n) is 8.47. The largest absolute Gasteiger partial charge is 0.383 e. The van der Waals surface area contributed by atoms with Gasteiger partial charge in [0, 0.05) is 39.0 Å². The Morgan fingerprint density at radius 1 is 1.16 bits per heavy atom. The van der Waals surface area contributed by atoms with Crippen molar-refractivity contribution >= 4 is 15.9 Å². The van der Waals surface area contributed by atoms with Crippen molar-refractivity contribution in [1.29, 1.82) is 0 Å². The molecule has 1 aliphatic carbocycles. The van der Waals surface area contributed by atoms with Crippen molar-refractivity contribution in [2.45, 2.75) is 24.2 Å². The summed E-state index contributed by atoms with van der Waals surface area (Å²) in [4.78, 5) is 12.2. The van der Waals surface area contributed by atoms with Crippen LogP contribution in [0.2, 0.25) is 0 Å². The Bertz CT molecular complexity index is 642. The molecule has 25 heavy (non-hydrogen) atoms. The molecule has 0 aromatic heterocycles. The molecule has 0 aliphatic heterocycles. The summed E-state index contributed by atoms with van der Waals surface area (Å²) in [5, 5.41) is 2.80. The lowest BCUT2D eigenvalue weighted by atomic mass is 10.2. The molecule has 0 atom stereocenters. The molecule has 0 heterocycles. The van der Waals surface area contributed by atoms with E-state index in [-0.39, 0.29) is 17.3 Å². The fourth-order valence-corrected chi connectivity index (χ4v) is 3.17. The highest BCUT2D eigenvalue weighted by Crippen LogP contribution is 2.28. The lowest BCUT2D eigenvalue weighted by Gasteiger charge is -2.08. The molecule has 0 saturated heterocycles. The van der Waals surface area contributed by atoms with Gasteiger partial charge in [-0.15, -0.1) is 0 Å². The second-order valence-corrected chi connectivity index (χ2v) is 7.81. The van der Waals surface area contributed by atoms with Gasteiger partial charge in [-0.05, 0) is 49.4 Å². The van der Waals surface area contributed by atoms with Crippen LogP contribution in [0.4, 0.5) is 0 Å². The van der Waals surface area contributed by atoms with Gasteiger partial charge in [0.1, 0.15) is 0 Å². The average molecular weight is 370 g/mol. The van der Waals surface area contributed by atoms with E-state index in [1.807, 2.05) is 0 Å². The maximum Gasteiger partial charge on any atom is 0.251 e. The summed E-state index contributed by atoms with van der Waals surface area (Å²) in [6.45, 7) is 2.49. The number of ether oxygens (including phenoxy) is 2. The van der Waals surface area contributed by atoms with E-state index < -0.39 is 10.0 Å². The number of rotatable bonds is 12. The number of sulfonamides is 1. The second kappa shape index (κ2) is 9.86. The third-order valence-electron chi connectivity index (χ3n) is 3.83. The van der Waals surface area contributed by atoms with Crippen LogP contribution in [0.1, 0.15) is 29.6 Å². The van der Waals surface area contributed by atoms with Crippen molar-refractivity contribution in [3.05, 3.63) is 29.8 Å². The molecule has 0 unspecified atom stereocenters. The van der Waals surface area contributed by atoms with Crippen molar-refractivity contribution in [2.75, 3.05) is 40.0 Å². The quantitative estimate of drug-likeness (QED) is 0.539. The van der Waals surface area contributed by atoms with Crippen LogP contribution in [0, 0.1) is 5.92 Å². The second-order valence-electron chi connectivity index (χ2n) is 6.04. The van der Waals surface area contributed by atoms with Crippen LogP contribution in [-0.2, 0) is 19.5 Å². The molecule has 1 aliphatic rings. The Balaban J connectivity index is 1.73. The third kappa shape index (κ3) is 7.11. The SMILES string of the molecule is COCCNS(=O)(=O)c1ccc(C(=O)NCCCOCC2CC2)cc1. The predicted octanol–water partition coefficient (Wildman–Crippen LogP) is 1.16. The third-order valence-corrected chi connectivity index (χ3v) is 5.30. The minimum Gasteiger partial charge on any atom is -0.383 e. The Labute approximate surface area is 149 Å². The Hall–Kier alpha value is -1.48. The number of methoxy groups -OCH3 is 1. The average Bonchev–Trinajstić information content (AvgIpc) is 3.42. The monoisotopic (exact) mass is 370 g/mol. The molecule has 1 aromatic rings. The molecule has 0 bridgehead atoms.